The van der Waals surface area contributed by atoms with E-state index in [0.29, 0.717) is 13.2 Å². The van der Waals surface area contributed by atoms with Crippen molar-refractivity contribution in [2.75, 3.05) is 13.2 Å². The van der Waals surface area contributed by atoms with E-state index in [4.69, 9.17) is 10.1 Å². The second kappa shape index (κ2) is 10.3. The number of carbonyl (C=O) groups is 1. The number of hydrogen-bond acceptors (Lipinski definition) is 4. The first-order valence-electron chi connectivity index (χ1n) is 4.56. The molecule has 5 heteroatoms. The molecule has 0 atom stereocenters. The summed E-state index contributed by atoms with van der Waals surface area (Å²) in [5.41, 5.74) is 0. The van der Waals surface area contributed by atoms with Gasteiger partial charge in [-0.1, -0.05) is 13.3 Å². The molecule has 0 aliphatic heterocycles. The van der Waals surface area contributed by atoms with E-state index < -0.39 is 5.97 Å². The van der Waals surface area contributed by atoms with E-state index in [-0.39, 0.29) is 24.7 Å². The average molecular weight is 224 g/mol. The molecule has 0 rings (SSSR count). The topological polar surface area (TPSA) is 59.4 Å². The second-order valence-corrected chi connectivity index (χ2v) is 2.61. The molecular weight excluding hydrogens is 206 g/mol. The van der Waals surface area contributed by atoms with Gasteiger partial charge < -0.3 is 9.47 Å². The number of rotatable bonds is 6. The normalized spacial score (nSPS) is 8.71. The molecule has 0 aromatic carbocycles. The summed E-state index contributed by atoms with van der Waals surface area (Å²) in [6.45, 7) is 4.63. The van der Waals surface area contributed by atoms with Crippen LogP contribution >= 0.6 is 12.4 Å². The highest BCUT2D eigenvalue weighted by molar-refractivity contribution is 5.92. The number of ether oxygens (including phenoxy) is 2. The molecule has 0 radical (unpaired) electrons. The number of esters is 1. The Morgan fingerprint density at radius 2 is 1.93 bits per heavy atom. The molecule has 0 unspecified atom stereocenters. The van der Waals surface area contributed by atoms with Crippen LogP contribution in [0.3, 0.4) is 0 Å². The lowest BCUT2D eigenvalue weighted by Crippen LogP contribution is -2.13. The molecule has 0 fully saturated rings. The Morgan fingerprint density at radius 1 is 1.29 bits per heavy atom. The van der Waals surface area contributed by atoms with Crippen molar-refractivity contribution >= 4 is 24.3 Å². The van der Waals surface area contributed by atoms with Crippen LogP contribution < -0.4 is 0 Å². The van der Waals surface area contributed by atoms with Gasteiger partial charge in [-0.15, -0.1) is 12.4 Å². The van der Waals surface area contributed by atoms with Gasteiger partial charge in [0.05, 0.1) is 13.2 Å². The van der Waals surface area contributed by atoms with Crippen LogP contribution in [0, 0.1) is 5.41 Å². The molecule has 1 N–H and O–H groups in total. The fraction of sp³-hybridized carbons (Fsp3) is 0.778. The third kappa shape index (κ3) is 9.32. The van der Waals surface area contributed by atoms with Gasteiger partial charge >= 0.3 is 5.97 Å². The number of hydrogen-bond donors (Lipinski definition) is 1. The predicted molar refractivity (Wildman–Crippen MR) is 57.1 cm³/mol. The summed E-state index contributed by atoms with van der Waals surface area (Å²) >= 11 is 0. The van der Waals surface area contributed by atoms with Crippen molar-refractivity contribution < 1.29 is 14.3 Å². The highest BCUT2D eigenvalue weighted by atomic mass is 35.5. The molecule has 4 nitrogen and oxygen atoms in total. The van der Waals surface area contributed by atoms with Gasteiger partial charge in [0.25, 0.3) is 0 Å². The molecule has 14 heavy (non-hydrogen) atoms. The van der Waals surface area contributed by atoms with Crippen molar-refractivity contribution in [3.8, 4) is 0 Å². The average Bonchev–Trinajstić information content (AvgIpc) is 2.05. The lowest BCUT2D eigenvalue weighted by Gasteiger charge is -2.05. The second-order valence-electron chi connectivity index (χ2n) is 2.61. The number of nitrogens with one attached hydrogen (secondary N) is 1. The lowest BCUT2D eigenvalue weighted by atomic mass is 10.3. The van der Waals surface area contributed by atoms with Crippen molar-refractivity contribution in [3.63, 3.8) is 0 Å². The molecule has 0 aliphatic carbocycles. The Hall–Kier alpha value is -0.770. The molecule has 0 saturated carbocycles. The van der Waals surface area contributed by atoms with Crippen LogP contribution in [-0.4, -0.2) is 25.1 Å². The summed E-state index contributed by atoms with van der Waals surface area (Å²) < 4.78 is 9.64. The van der Waals surface area contributed by atoms with Crippen molar-refractivity contribution in [3.05, 3.63) is 0 Å². The summed E-state index contributed by atoms with van der Waals surface area (Å²) in [5.74, 6) is -0.407. The first-order valence-corrected chi connectivity index (χ1v) is 4.56. The Labute approximate surface area is 90.9 Å². The van der Waals surface area contributed by atoms with Gasteiger partial charge in [0.1, 0.15) is 6.42 Å². The molecule has 0 amide bonds. The van der Waals surface area contributed by atoms with E-state index in [1.54, 1.807) is 6.92 Å². The van der Waals surface area contributed by atoms with Gasteiger partial charge in [-0.3, -0.25) is 10.2 Å². The Morgan fingerprint density at radius 3 is 2.43 bits per heavy atom. The first-order chi connectivity index (χ1) is 6.20. The maximum Gasteiger partial charge on any atom is 0.315 e. The third-order valence-corrected chi connectivity index (χ3v) is 1.38. The first kappa shape index (κ1) is 15.7. The molecule has 0 aromatic heterocycles. The van der Waals surface area contributed by atoms with E-state index in [9.17, 15) is 4.79 Å². The Bertz CT molecular complexity index is 173. The summed E-state index contributed by atoms with van der Waals surface area (Å²) in [4.78, 5) is 10.8. The van der Waals surface area contributed by atoms with Crippen LogP contribution in [0.4, 0.5) is 0 Å². The third-order valence-electron chi connectivity index (χ3n) is 1.38. The zero-order valence-electron chi connectivity index (χ0n) is 8.67. The molecule has 0 aromatic rings. The van der Waals surface area contributed by atoms with Crippen LogP contribution in [0.5, 0.6) is 0 Å². The molecule has 0 aliphatic rings. The van der Waals surface area contributed by atoms with E-state index in [0.717, 1.165) is 12.8 Å². The summed E-state index contributed by atoms with van der Waals surface area (Å²) in [6, 6.07) is 0. The maximum atomic E-state index is 10.8. The zero-order chi connectivity index (χ0) is 10.1. The van der Waals surface area contributed by atoms with Crippen molar-refractivity contribution in [2.45, 2.75) is 33.1 Å². The van der Waals surface area contributed by atoms with Crippen molar-refractivity contribution in [2.24, 2.45) is 0 Å². The monoisotopic (exact) mass is 223 g/mol. The van der Waals surface area contributed by atoms with Crippen LogP contribution in [-0.2, 0) is 14.3 Å². The molecule has 0 saturated heterocycles. The SMILES string of the molecule is CCCCOC(=N)CC(=O)OCC.Cl. The number of unbranched alkanes of at least 4 members (excludes halogenated alkanes) is 1. The Balaban J connectivity index is 0. The fourth-order valence-corrected chi connectivity index (χ4v) is 0.734. The van der Waals surface area contributed by atoms with Crippen LogP contribution in [0.2, 0.25) is 0 Å². The molecule has 84 valence electrons. The van der Waals surface area contributed by atoms with E-state index >= 15 is 0 Å². The van der Waals surface area contributed by atoms with E-state index in [1.807, 2.05) is 6.92 Å². The minimum atomic E-state index is -0.399. The van der Waals surface area contributed by atoms with Crippen molar-refractivity contribution in [1.82, 2.24) is 0 Å². The highest BCUT2D eigenvalue weighted by Crippen LogP contribution is 1.94. The summed E-state index contributed by atoms with van der Waals surface area (Å²) in [7, 11) is 0. The molecular formula is C9H18ClNO3. The standard InChI is InChI=1S/C9H17NO3.ClH/c1-3-5-6-13-8(10)7-9(11)12-4-2;/h10H,3-7H2,1-2H3;1H. The molecule has 0 bridgehead atoms. The number of halogens is 1. The van der Waals surface area contributed by atoms with E-state index in [2.05, 4.69) is 4.74 Å². The smallest absolute Gasteiger partial charge is 0.315 e. The lowest BCUT2D eigenvalue weighted by molar-refractivity contribution is -0.141. The minimum Gasteiger partial charge on any atom is -0.481 e. The number of carbonyl (C=O) groups excluding carboxylic acids is 1. The summed E-state index contributed by atoms with van der Waals surface area (Å²) in [6.07, 6.45) is 1.87. The predicted octanol–water partition coefficient (Wildman–Crippen LogP) is 2.16. The van der Waals surface area contributed by atoms with E-state index in [1.165, 1.54) is 0 Å². The van der Waals surface area contributed by atoms with Gasteiger partial charge in [-0.25, -0.2) is 0 Å². The molecule has 0 spiro atoms. The zero-order valence-corrected chi connectivity index (χ0v) is 9.49. The van der Waals surface area contributed by atoms with Crippen LogP contribution in [0.15, 0.2) is 0 Å². The quantitative estimate of drug-likeness (QED) is 0.325. The summed E-state index contributed by atoms with van der Waals surface area (Å²) in [5, 5.41) is 7.25. The van der Waals surface area contributed by atoms with Crippen LogP contribution in [0.25, 0.3) is 0 Å². The molecule has 0 heterocycles. The largest absolute Gasteiger partial charge is 0.481 e. The maximum absolute atomic E-state index is 10.8. The highest BCUT2D eigenvalue weighted by Gasteiger charge is 2.06. The fourth-order valence-electron chi connectivity index (χ4n) is 0.734. The van der Waals surface area contributed by atoms with Crippen LogP contribution in [0.1, 0.15) is 33.1 Å². The Kier molecular flexibility index (Phi) is 11.6. The van der Waals surface area contributed by atoms with Crippen molar-refractivity contribution in [1.29, 1.82) is 5.41 Å². The van der Waals surface area contributed by atoms with Gasteiger partial charge in [0.15, 0.2) is 5.90 Å². The van der Waals surface area contributed by atoms with Gasteiger partial charge in [-0.05, 0) is 13.3 Å². The minimum absolute atomic E-state index is 0. The van der Waals surface area contributed by atoms with Gasteiger partial charge in [0.2, 0.25) is 0 Å². The van der Waals surface area contributed by atoms with Gasteiger partial charge in [0, 0.05) is 0 Å². The van der Waals surface area contributed by atoms with Gasteiger partial charge in [-0.2, -0.15) is 0 Å².